The van der Waals surface area contributed by atoms with Crippen LogP contribution in [0.15, 0.2) is 48.5 Å². The number of nitrogens with zero attached hydrogens (tertiary/aromatic N) is 1. The van der Waals surface area contributed by atoms with E-state index in [4.69, 9.17) is 0 Å². The highest BCUT2D eigenvalue weighted by Gasteiger charge is 2.10. The first kappa shape index (κ1) is 21.1. The Bertz CT molecular complexity index is 811. The summed E-state index contributed by atoms with van der Waals surface area (Å²) in [6, 6.07) is 15.9. The van der Waals surface area contributed by atoms with Crippen LogP contribution < -0.4 is 10.6 Å². The number of amides is 2. The highest BCUT2D eigenvalue weighted by Crippen LogP contribution is 2.13. The number of hydrogen-bond acceptors (Lipinski definition) is 3. The number of piperidine rings is 1. The molecular formula is C24H31N3O2. The van der Waals surface area contributed by atoms with Crippen LogP contribution in [-0.4, -0.2) is 36.3 Å². The SMILES string of the molecule is Cc1cccc(C(=O)NCCC(=O)NCc2ccc(CN3CCCCC3)cc2)c1. The average Bonchev–Trinajstić information content (AvgIpc) is 2.74. The summed E-state index contributed by atoms with van der Waals surface area (Å²) in [4.78, 5) is 26.6. The summed E-state index contributed by atoms with van der Waals surface area (Å²) in [5, 5.41) is 5.72. The van der Waals surface area contributed by atoms with E-state index in [9.17, 15) is 9.59 Å². The Labute approximate surface area is 173 Å². The lowest BCUT2D eigenvalue weighted by molar-refractivity contribution is -0.121. The molecule has 0 aliphatic carbocycles. The third kappa shape index (κ3) is 7.02. The number of hydrogen-bond donors (Lipinski definition) is 2. The number of carbonyl (C=O) groups is 2. The fourth-order valence-corrected chi connectivity index (χ4v) is 3.61. The second-order valence-corrected chi connectivity index (χ2v) is 7.81. The second-order valence-electron chi connectivity index (χ2n) is 7.81. The minimum absolute atomic E-state index is 0.0630. The first-order valence-corrected chi connectivity index (χ1v) is 10.5. The fraction of sp³-hybridized carbons (Fsp3) is 0.417. The van der Waals surface area contributed by atoms with Crippen molar-refractivity contribution in [2.24, 2.45) is 0 Å². The zero-order chi connectivity index (χ0) is 20.5. The van der Waals surface area contributed by atoms with Crippen molar-refractivity contribution in [1.82, 2.24) is 15.5 Å². The maximum absolute atomic E-state index is 12.1. The van der Waals surface area contributed by atoms with Crippen LogP contribution >= 0.6 is 0 Å². The van der Waals surface area contributed by atoms with Crippen molar-refractivity contribution in [1.29, 1.82) is 0 Å². The molecular weight excluding hydrogens is 362 g/mol. The Morgan fingerprint density at radius 2 is 1.66 bits per heavy atom. The highest BCUT2D eigenvalue weighted by atomic mass is 16.2. The summed E-state index contributed by atoms with van der Waals surface area (Å²) >= 11 is 0. The lowest BCUT2D eigenvalue weighted by Gasteiger charge is -2.26. The van der Waals surface area contributed by atoms with Gasteiger partial charge in [0.1, 0.15) is 0 Å². The smallest absolute Gasteiger partial charge is 0.251 e. The van der Waals surface area contributed by atoms with E-state index in [1.54, 1.807) is 6.07 Å². The molecule has 0 bridgehead atoms. The van der Waals surface area contributed by atoms with E-state index in [2.05, 4.69) is 39.8 Å². The van der Waals surface area contributed by atoms with Crippen molar-refractivity contribution in [3.8, 4) is 0 Å². The molecule has 2 amide bonds. The van der Waals surface area contributed by atoms with E-state index in [1.165, 1.54) is 37.9 Å². The molecule has 0 aromatic heterocycles. The van der Waals surface area contributed by atoms with Crippen LogP contribution in [0.2, 0.25) is 0 Å². The van der Waals surface area contributed by atoms with Gasteiger partial charge in [-0.05, 0) is 56.1 Å². The Morgan fingerprint density at radius 3 is 2.38 bits per heavy atom. The number of nitrogens with one attached hydrogen (secondary N) is 2. The Morgan fingerprint density at radius 1 is 0.931 bits per heavy atom. The van der Waals surface area contributed by atoms with Crippen molar-refractivity contribution in [2.45, 2.75) is 45.7 Å². The minimum atomic E-state index is -0.147. The summed E-state index contributed by atoms with van der Waals surface area (Å²) in [5.41, 5.74) is 4.07. The number of likely N-dealkylation sites (tertiary alicyclic amines) is 1. The minimum Gasteiger partial charge on any atom is -0.352 e. The standard InChI is InChI=1S/C24H31N3O2/c1-19-6-5-7-22(16-19)24(29)25-13-12-23(28)26-17-20-8-10-21(11-9-20)18-27-14-3-2-4-15-27/h5-11,16H,2-4,12-15,17-18H2,1H3,(H,25,29)(H,26,28). The van der Waals surface area contributed by atoms with Gasteiger partial charge in [0.05, 0.1) is 0 Å². The molecule has 1 saturated heterocycles. The predicted molar refractivity (Wildman–Crippen MR) is 116 cm³/mol. The molecule has 5 nitrogen and oxygen atoms in total. The van der Waals surface area contributed by atoms with E-state index in [1.807, 2.05) is 25.1 Å². The van der Waals surface area contributed by atoms with Gasteiger partial charge in [0, 0.05) is 31.6 Å². The molecule has 0 atom stereocenters. The Hall–Kier alpha value is -2.66. The van der Waals surface area contributed by atoms with Gasteiger partial charge in [0.25, 0.3) is 5.91 Å². The monoisotopic (exact) mass is 393 g/mol. The lowest BCUT2D eigenvalue weighted by atomic mass is 10.1. The number of aryl methyl sites for hydroxylation is 1. The zero-order valence-electron chi connectivity index (χ0n) is 17.2. The van der Waals surface area contributed by atoms with E-state index >= 15 is 0 Å². The molecule has 0 unspecified atom stereocenters. The molecule has 1 aliphatic rings. The Kier molecular flexibility index (Phi) is 7.82. The largest absolute Gasteiger partial charge is 0.352 e. The molecule has 0 saturated carbocycles. The molecule has 1 fully saturated rings. The zero-order valence-corrected chi connectivity index (χ0v) is 17.2. The molecule has 154 valence electrons. The van der Waals surface area contributed by atoms with Gasteiger partial charge in [-0.1, -0.05) is 48.4 Å². The number of benzene rings is 2. The number of carbonyl (C=O) groups excluding carboxylic acids is 2. The molecule has 2 aromatic rings. The maximum atomic E-state index is 12.1. The van der Waals surface area contributed by atoms with Crippen LogP contribution in [0.25, 0.3) is 0 Å². The van der Waals surface area contributed by atoms with Crippen molar-refractivity contribution in [3.63, 3.8) is 0 Å². The third-order valence-corrected chi connectivity index (χ3v) is 5.29. The molecule has 5 heteroatoms. The van der Waals surface area contributed by atoms with Crippen LogP contribution in [0.5, 0.6) is 0 Å². The van der Waals surface area contributed by atoms with Crippen LogP contribution in [0.1, 0.15) is 52.7 Å². The van der Waals surface area contributed by atoms with Gasteiger partial charge < -0.3 is 10.6 Å². The molecule has 0 spiro atoms. The summed E-state index contributed by atoms with van der Waals surface area (Å²) in [5.74, 6) is -0.210. The van der Waals surface area contributed by atoms with E-state index < -0.39 is 0 Å². The molecule has 1 heterocycles. The van der Waals surface area contributed by atoms with Gasteiger partial charge in [0.15, 0.2) is 0 Å². The summed E-state index contributed by atoms with van der Waals surface area (Å²) in [6.07, 6.45) is 4.22. The average molecular weight is 394 g/mol. The highest BCUT2D eigenvalue weighted by molar-refractivity contribution is 5.94. The van der Waals surface area contributed by atoms with Crippen molar-refractivity contribution < 1.29 is 9.59 Å². The maximum Gasteiger partial charge on any atom is 0.251 e. The van der Waals surface area contributed by atoms with E-state index in [-0.39, 0.29) is 18.2 Å². The lowest BCUT2D eigenvalue weighted by Crippen LogP contribution is -2.30. The quantitative estimate of drug-likeness (QED) is 0.722. The van der Waals surface area contributed by atoms with E-state index in [0.29, 0.717) is 18.7 Å². The van der Waals surface area contributed by atoms with Crippen molar-refractivity contribution >= 4 is 11.8 Å². The summed E-state index contributed by atoms with van der Waals surface area (Å²) in [7, 11) is 0. The van der Waals surface area contributed by atoms with Gasteiger partial charge in [-0.25, -0.2) is 0 Å². The normalized spacial score (nSPS) is 14.4. The van der Waals surface area contributed by atoms with Gasteiger partial charge in [-0.3, -0.25) is 14.5 Å². The molecule has 2 aromatic carbocycles. The van der Waals surface area contributed by atoms with Gasteiger partial charge >= 0.3 is 0 Å². The van der Waals surface area contributed by atoms with Gasteiger partial charge in [-0.2, -0.15) is 0 Å². The molecule has 3 rings (SSSR count). The van der Waals surface area contributed by atoms with Gasteiger partial charge in [-0.15, -0.1) is 0 Å². The molecule has 1 aliphatic heterocycles. The first-order valence-electron chi connectivity index (χ1n) is 10.5. The molecule has 0 radical (unpaired) electrons. The molecule has 29 heavy (non-hydrogen) atoms. The van der Waals surface area contributed by atoms with Gasteiger partial charge in [0.2, 0.25) is 5.91 Å². The fourth-order valence-electron chi connectivity index (χ4n) is 3.61. The van der Waals surface area contributed by atoms with Crippen LogP contribution in [0.4, 0.5) is 0 Å². The second kappa shape index (κ2) is 10.8. The summed E-state index contributed by atoms with van der Waals surface area (Å²) < 4.78 is 0. The van der Waals surface area contributed by atoms with Crippen LogP contribution in [0, 0.1) is 6.92 Å². The topological polar surface area (TPSA) is 61.4 Å². The third-order valence-electron chi connectivity index (χ3n) is 5.29. The Balaban J connectivity index is 1.35. The predicted octanol–water partition coefficient (Wildman–Crippen LogP) is 3.42. The van der Waals surface area contributed by atoms with Crippen LogP contribution in [0.3, 0.4) is 0 Å². The number of rotatable bonds is 8. The summed E-state index contributed by atoms with van der Waals surface area (Å²) in [6.45, 7) is 6.18. The van der Waals surface area contributed by atoms with E-state index in [0.717, 1.165) is 17.7 Å². The van der Waals surface area contributed by atoms with Crippen molar-refractivity contribution in [2.75, 3.05) is 19.6 Å². The van der Waals surface area contributed by atoms with Crippen molar-refractivity contribution in [3.05, 3.63) is 70.8 Å². The first-order chi connectivity index (χ1) is 14.1. The molecule has 2 N–H and O–H groups in total. The van der Waals surface area contributed by atoms with Crippen LogP contribution in [-0.2, 0) is 17.9 Å².